The van der Waals surface area contributed by atoms with Gasteiger partial charge in [0.05, 0.1) is 0 Å². The lowest BCUT2D eigenvalue weighted by Gasteiger charge is -2.20. The molecule has 160 valence electrons. The van der Waals surface area contributed by atoms with Crippen molar-refractivity contribution in [2.75, 3.05) is 18.6 Å². The van der Waals surface area contributed by atoms with Crippen LogP contribution in [-0.4, -0.2) is 48.3 Å². The van der Waals surface area contributed by atoms with Crippen LogP contribution in [0.4, 0.5) is 0 Å². The predicted octanol–water partition coefficient (Wildman–Crippen LogP) is 1.55. The number of rotatable bonds is 8. The molecule has 0 unspecified atom stereocenters. The van der Waals surface area contributed by atoms with Crippen molar-refractivity contribution in [1.82, 2.24) is 16.2 Å². The highest BCUT2D eigenvalue weighted by molar-refractivity contribution is 7.98. The normalized spacial score (nSPS) is 11.9. The van der Waals surface area contributed by atoms with Gasteiger partial charge in [0.15, 0.2) is 6.61 Å². The van der Waals surface area contributed by atoms with E-state index in [4.69, 9.17) is 4.74 Å². The zero-order chi connectivity index (χ0) is 22.0. The summed E-state index contributed by atoms with van der Waals surface area (Å²) in [6, 6.07) is 6.32. The van der Waals surface area contributed by atoms with E-state index in [1.807, 2.05) is 18.4 Å². The van der Waals surface area contributed by atoms with Gasteiger partial charge in [0, 0.05) is 12.5 Å². The van der Waals surface area contributed by atoms with Crippen LogP contribution >= 0.6 is 11.8 Å². The molecule has 0 aliphatic carbocycles. The molecule has 0 saturated heterocycles. The van der Waals surface area contributed by atoms with Gasteiger partial charge in [-0.1, -0.05) is 32.9 Å². The van der Waals surface area contributed by atoms with E-state index in [9.17, 15) is 19.2 Å². The largest absolute Gasteiger partial charge is 0.454 e. The van der Waals surface area contributed by atoms with Crippen molar-refractivity contribution in [3.8, 4) is 0 Å². The summed E-state index contributed by atoms with van der Waals surface area (Å²) in [7, 11) is 0. The Bertz CT molecular complexity index is 729. The highest BCUT2D eigenvalue weighted by Crippen LogP contribution is 2.22. The number of amides is 3. The minimum Gasteiger partial charge on any atom is -0.454 e. The van der Waals surface area contributed by atoms with Crippen molar-refractivity contribution in [3.05, 3.63) is 35.4 Å². The maximum Gasteiger partial charge on any atom is 0.329 e. The van der Waals surface area contributed by atoms with Gasteiger partial charge in [-0.05, 0) is 41.5 Å². The summed E-state index contributed by atoms with van der Waals surface area (Å²) in [6.07, 6.45) is 2.25. The van der Waals surface area contributed by atoms with Crippen LogP contribution in [0.15, 0.2) is 24.3 Å². The first-order valence-electron chi connectivity index (χ1n) is 9.17. The molecule has 0 heterocycles. The molecule has 29 heavy (non-hydrogen) atoms. The fourth-order valence-electron chi connectivity index (χ4n) is 2.28. The maximum absolute atomic E-state index is 12.5. The Labute approximate surface area is 175 Å². The van der Waals surface area contributed by atoms with Gasteiger partial charge >= 0.3 is 5.97 Å². The third kappa shape index (κ3) is 8.99. The predicted molar refractivity (Wildman–Crippen MR) is 112 cm³/mol. The van der Waals surface area contributed by atoms with Gasteiger partial charge in [0.1, 0.15) is 6.04 Å². The molecule has 1 atom stereocenters. The van der Waals surface area contributed by atoms with E-state index in [2.05, 4.69) is 36.9 Å². The number of esters is 1. The van der Waals surface area contributed by atoms with Gasteiger partial charge < -0.3 is 10.1 Å². The number of hydrogen-bond acceptors (Lipinski definition) is 6. The molecule has 0 aliphatic heterocycles. The Morgan fingerprint density at radius 1 is 1.07 bits per heavy atom. The number of nitrogens with one attached hydrogen (secondary N) is 3. The van der Waals surface area contributed by atoms with E-state index in [0.29, 0.717) is 17.7 Å². The van der Waals surface area contributed by atoms with E-state index in [0.717, 1.165) is 5.56 Å². The van der Waals surface area contributed by atoms with Crippen LogP contribution in [0.1, 0.15) is 50.0 Å². The van der Waals surface area contributed by atoms with E-state index in [1.165, 1.54) is 18.7 Å². The highest BCUT2D eigenvalue weighted by atomic mass is 32.2. The fourth-order valence-corrected chi connectivity index (χ4v) is 2.75. The monoisotopic (exact) mass is 423 g/mol. The number of ether oxygens (including phenoxy) is 1. The number of benzene rings is 1. The van der Waals surface area contributed by atoms with Crippen LogP contribution in [0, 0.1) is 0 Å². The van der Waals surface area contributed by atoms with Gasteiger partial charge in [-0.25, -0.2) is 4.79 Å². The SMILES string of the molecule is CSCC[C@H](NC(=O)c1ccc(C(C)(C)C)cc1)C(=O)OCC(=O)NNC(C)=O. The molecule has 0 saturated carbocycles. The number of thioether (sulfide) groups is 1. The molecular formula is C20H29N3O5S. The molecule has 0 aliphatic rings. The molecule has 1 aromatic rings. The van der Waals surface area contributed by atoms with Gasteiger partial charge in [-0.2, -0.15) is 11.8 Å². The second kappa shape index (κ2) is 11.5. The molecule has 9 heteroatoms. The van der Waals surface area contributed by atoms with Gasteiger partial charge in [0.2, 0.25) is 5.91 Å². The third-order valence-corrected chi connectivity index (χ3v) is 4.58. The van der Waals surface area contributed by atoms with E-state index in [1.54, 1.807) is 12.1 Å². The van der Waals surface area contributed by atoms with Crippen LogP contribution in [-0.2, 0) is 24.5 Å². The highest BCUT2D eigenvalue weighted by Gasteiger charge is 2.24. The summed E-state index contributed by atoms with van der Waals surface area (Å²) in [5, 5.41) is 2.67. The fraction of sp³-hybridized carbons (Fsp3) is 0.500. The molecule has 1 aromatic carbocycles. The molecule has 0 aromatic heterocycles. The van der Waals surface area contributed by atoms with Gasteiger partial charge in [-0.15, -0.1) is 0 Å². The van der Waals surface area contributed by atoms with Crippen molar-refractivity contribution in [2.24, 2.45) is 0 Å². The lowest BCUT2D eigenvalue weighted by molar-refractivity contribution is -0.150. The zero-order valence-corrected chi connectivity index (χ0v) is 18.3. The first-order chi connectivity index (χ1) is 13.5. The minimum absolute atomic E-state index is 0.0302. The molecule has 0 radical (unpaired) electrons. The Hall–Kier alpha value is -2.55. The number of hydrogen-bond donors (Lipinski definition) is 3. The molecule has 0 bridgehead atoms. The van der Waals surface area contributed by atoms with Crippen LogP contribution < -0.4 is 16.2 Å². The topological polar surface area (TPSA) is 114 Å². The lowest BCUT2D eigenvalue weighted by Crippen LogP contribution is -2.45. The Morgan fingerprint density at radius 2 is 1.69 bits per heavy atom. The molecule has 8 nitrogen and oxygen atoms in total. The molecule has 1 rings (SSSR count). The maximum atomic E-state index is 12.5. The minimum atomic E-state index is -0.884. The first-order valence-corrected chi connectivity index (χ1v) is 10.6. The van der Waals surface area contributed by atoms with Crippen molar-refractivity contribution in [3.63, 3.8) is 0 Å². The summed E-state index contributed by atoms with van der Waals surface area (Å²) in [5.41, 5.74) is 5.69. The lowest BCUT2D eigenvalue weighted by atomic mass is 9.86. The Balaban J connectivity index is 2.71. The number of hydrazine groups is 1. The summed E-state index contributed by atoms with van der Waals surface area (Å²) >= 11 is 1.52. The standard InChI is InChI=1S/C20H29N3O5S/c1-13(24)22-23-17(25)12-28-19(27)16(10-11-29-5)21-18(26)14-6-8-15(9-7-14)20(2,3)4/h6-9,16H,10-12H2,1-5H3,(H,21,26)(H,22,24)(H,23,25)/t16-/m0/s1. The van der Waals surface area contributed by atoms with Crippen molar-refractivity contribution < 1.29 is 23.9 Å². The van der Waals surface area contributed by atoms with Crippen LogP contribution in [0.2, 0.25) is 0 Å². The van der Waals surface area contributed by atoms with Crippen LogP contribution in [0.25, 0.3) is 0 Å². The molecule has 0 spiro atoms. The van der Waals surface area contributed by atoms with Crippen LogP contribution in [0.5, 0.6) is 0 Å². The van der Waals surface area contributed by atoms with Gasteiger partial charge in [0.25, 0.3) is 11.8 Å². The van der Waals surface area contributed by atoms with Crippen LogP contribution in [0.3, 0.4) is 0 Å². The summed E-state index contributed by atoms with van der Waals surface area (Å²) in [5.74, 6) is -1.61. The summed E-state index contributed by atoms with van der Waals surface area (Å²) in [4.78, 5) is 47.2. The van der Waals surface area contributed by atoms with Crippen molar-refractivity contribution >= 4 is 35.5 Å². The van der Waals surface area contributed by atoms with Gasteiger partial charge in [-0.3, -0.25) is 25.2 Å². The second-order valence-electron chi connectivity index (χ2n) is 7.47. The molecule has 3 amide bonds. The van der Waals surface area contributed by atoms with E-state index >= 15 is 0 Å². The molecule has 3 N–H and O–H groups in total. The van der Waals surface area contributed by atoms with E-state index in [-0.39, 0.29) is 5.41 Å². The number of carbonyl (C=O) groups is 4. The Morgan fingerprint density at radius 3 is 2.21 bits per heavy atom. The summed E-state index contributed by atoms with van der Waals surface area (Å²) in [6.45, 7) is 6.91. The average molecular weight is 424 g/mol. The smallest absolute Gasteiger partial charge is 0.329 e. The van der Waals surface area contributed by atoms with Crippen molar-refractivity contribution in [2.45, 2.75) is 45.6 Å². The number of carbonyl (C=O) groups excluding carboxylic acids is 4. The molecular weight excluding hydrogens is 394 g/mol. The average Bonchev–Trinajstić information content (AvgIpc) is 2.66. The third-order valence-electron chi connectivity index (χ3n) is 3.94. The zero-order valence-electron chi connectivity index (χ0n) is 17.5. The van der Waals surface area contributed by atoms with Crippen molar-refractivity contribution in [1.29, 1.82) is 0 Å². The van der Waals surface area contributed by atoms with E-state index < -0.39 is 36.3 Å². The first kappa shape index (κ1) is 24.5. The molecule has 0 fully saturated rings. The quantitative estimate of drug-likeness (QED) is 0.432. The Kier molecular flexibility index (Phi) is 9.67. The summed E-state index contributed by atoms with van der Waals surface area (Å²) < 4.78 is 4.97. The second-order valence-corrected chi connectivity index (χ2v) is 8.46.